The molecule has 1 aliphatic heterocycles. The molecule has 1 fully saturated rings. The van der Waals surface area contributed by atoms with Gasteiger partial charge in [-0.15, -0.1) is 0 Å². The van der Waals surface area contributed by atoms with Gasteiger partial charge in [-0.1, -0.05) is 32.4 Å². The summed E-state index contributed by atoms with van der Waals surface area (Å²) in [5.74, 6) is 0.350. The van der Waals surface area contributed by atoms with Crippen molar-refractivity contribution in [1.29, 1.82) is 5.41 Å². The largest absolute Gasteiger partial charge is 0.512 e. The van der Waals surface area contributed by atoms with E-state index in [-0.39, 0.29) is 23.5 Å². The highest BCUT2D eigenvalue weighted by Crippen LogP contribution is 2.25. The molecule has 1 aliphatic rings. The molecule has 0 aromatic carbocycles. The number of hydrogen-bond donors (Lipinski definition) is 3. The molecule has 1 atom stereocenters. The van der Waals surface area contributed by atoms with Gasteiger partial charge in [0.2, 0.25) is 5.91 Å². The number of hydrogen-bond acceptors (Lipinski definition) is 5. The molecule has 7 heteroatoms. The summed E-state index contributed by atoms with van der Waals surface area (Å²) in [4.78, 5) is 18.6. The molecular formula is C17H23ClN4O2. The molecule has 1 amide bonds. The van der Waals surface area contributed by atoms with Crippen molar-refractivity contribution in [3.63, 3.8) is 0 Å². The highest BCUT2D eigenvalue weighted by Gasteiger charge is 2.32. The maximum Gasteiger partial charge on any atom is 0.248 e. The van der Waals surface area contributed by atoms with Gasteiger partial charge in [0.1, 0.15) is 23.5 Å². The Bertz CT molecular complexity index is 650. The number of allylic oxidation sites excluding steroid dienone is 1. The standard InChI is InChI=1S/C17H23ClN4O2/c1-17(2,3)13(23)9-14(19)21-16(24)12-5-4-8-22(12)15-7-6-11(18)10-20-15/h6-7,9-10,12,23H,4-5,8H2,1-3H3,(H2,19,21,24)/b13-9-. The molecule has 0 spiro atoms. The topological polar surface area (TPSA) is 89.3 Å². The SMILES string of the molecule is CC(C)(C)/C(O)=C/C(=N)NC(=O)C1CCCN1c1ccc(Cl)cn1. The molecule has 2 rings (SSSR count). The second-order valence-corrected chi connectivity index (χ2v) is 7.30. The molecule has 6 nitrogen and oxygen atoms in total. The zero-order valence-corrected chi connectivity index (χ0v) is 14.9. The number of rotatable bonds is 3. The molecule has 0 saturated carbocycles. The van der Waals surface area contributed by atoms with E-state index in [9.17, 15) is 9.90 Å². The molecule has 1 saturated heterocycles. The van der Waals surface area contributed by atoms with Crippen LogP contribution in [0.5, 0.6) is 0 Å². The lowest BCUT2D eigenvalue weighted by molar-refractivity contribution is -0.120. The number of nitrogens with zero attached hydrogens (tertiary/aromatic N) is 2. The quantitative estimate of drug-likeness (QED) is 0.443. The van der Waals surface area contributed by atoms with E-state index in [1.807, 2.05) is 25.7 Å². The maximum atomic E-state index is 12.5. The van der Waals surface area contributed by atoms with E-state index in [0.717, 1.165) is 13.0 Å². The number of halogens is 1. The van der Waals surface area contributed by atoms with Crippen LogP contribution in [0.4, 0.5) is 5.82 Å². The lowest BCUT2D eigenvalue weighted by Crippen LogP contribution is -2.45. The summed E-state index contributed by atoms with van der Waals surface area (Å²) >= 11 is 5.85. The molecule has 0 radical (unpaired) electrons. The minimum Gasteiger partial charge on any atom is -0.512 e. The van der Waals surface area contributed by atoms with Crippen LogP contribution in [0, 0.1) is 10.8 Å². The van der Waals surface area contributed by atoms with Gasteiger partial charge in [0.05, 0.1) is 5.02 Å². The van der Waals surface area contributed by atoms with Crippen LogP contribution in [-0.4, -0.2) is 34.4 Å². The highest BCUT2D eigenvalue weighted by molar-refractivity contribution is 6.30. The van der Waals surface area contributed by atoms with Gasteiger partial charge in [-0.05, 0) is 25.0 Å². The third kappa shape index (κ3) is 4.47. The van der Waals surface area contributed by atoms with E-state index in [2.05, 4.69) is 10.3 Å². The van der Waals surface area contributed by atoms with Crippen LogP contribution in [0.15, 0.2) is 30.2 Å². The highest BCUT2D eigenvalue weighted by atomic mass is 35.5. The van der Waals surface area contributed by atoms with Gasteiger partial charge in [0.25, 0.3) is 0 Å². The van der Waals surface area contributed by atoms with E-state index < -0.39 is 5.41 Å². The second kappa shape index (κ2) is 7.21. The summed E-state index contributed by atoms with van der Waals surface area (Å²) in [5.41, 5.74) is -0.469. The Hall–Kier alpha value is -2.08. The molecule has 1 unspecified atom stereocenters. The van der Waals surface area contributed by atoms with Crippen LogP contribution in [0.1, 0.15) is 33.6 Å². The van der Waals surface area contributed by atoms with Gasteiger partial charge in [-0.3, -0.25) is 10.2 Å². The number of amidine groups is 1. The normalized spacial score (nSPS) is 18.6. The Kier molecular flexibility index (Phi) is 5.49. The van der Waals surface area contributed by atoms with Crippen molar-refractivity contribution < 1.29 is 9.90 Å². The summed E-state index contributed by atoms with van der Waals surface area (Å²) in [6.45, 7) is 6.22. The number of aromatic nitrogens is 1. The number of amides is 1. The lowest BCUT2D eigenvalue weighted by atomic mass is 9.93. The van der Waals surface area contributed by atoms with Crippen LogP contribution < -0.4 is 10.2 Å². The van der Waals surface area contributed by atoms with Gasteiger partial charge in [0.15, 0.2) is 0 Å². The molecule has 3 N–H and O–H groups in total. The van der Waals surface area contributed by atoms with Gasteiger partial charge in [0, 0.05) is 24.2 Å². The van der Waals surface area contributed by atoms with Gasteiger partial charge < -0.3 is 15.3 Å². The number of aliphatic hydroxyl groups excluding tert-OH is 1. The van der Waals surface area contributed by atoms with Crippen molar-refractivity contribution in [1.82, 2.24) is 10.3 Å². The first-order chi connectivity index (χ1) is 11.2. The van der Waals surface area contributed by atoms with Crippen molar-refractivity contribution in [2.75, 3.05) is 11.4 Å². The van der Waals surface area contributed by atoms with Crippen LogP contribution >= 0.6 is 11.6 Å². The molecule has 0 aliphatic carbocycles. The van der Waals surface area contributed by atoms with Crippen molar-refractivity contribution in [3.8, 4) is 0 Å². The molecule has 1 aromatic heterocycles. The Morgan fingerprint density at radius 3 is 2.79 bits per heavy atom. The molecule has 1 aromatic rings. The summed E-state index contributed by atoms with van der Waals surface area (Å²) < 4.78 is 0. The number of carbonyl (C=O) groups excluding carboxylic acids is 1. The molecular weight excluding hydrogens is 328 g/mol. The first kappa shape index (κ1) is 18.3. The monoisotopic (exact) mass is 350 g/mol. The lowest BCUT2D eigenvalue weighted by Gasteiger charge is -2.25. The van der Waals surface area contributed by atoms with Crippen LogP contribution in [-0.2, 0) is 4.79 Å². The Morgan fingerprint density at radius 1 is 1.50 bits per heavy atom. The zero-order valence-electron chi connectivity index (χ0n) is 14.1. The molecule has 130 valence electrons. The first-order valence-corrected chi connectivity index (χ1v) is 8.25. The maximum absolute atomic E-state index is 12.5. The first-order valence-electron chi connectivity index (χ1n) is 7.87. The predicted octanol–water partition coefficient (Wildman–Crippen LogP) is 3.29. The van der Waals surface area contributed by atoms with Crippen molar-refractivity contribution in [2.45, 2.75) is 39.7 Å². The molecule has 24 heavy (non-hydrogen) atoms. The fourth-order valence-electron chi connectivity index (χ4n) is 2.46. The van der Waals surface area contributed by atoms with Gasteiger partial charge in [-0.2, -0.15) is 0 Å². The number of anilines is 1. The van der Waals surface area contributed by atoms with Crippen LogP contribution in [0.2, 0.25) is 5.02 Å². The zero-order chi connectivity index (χ0) is 17.9. The van der Waals surface area contributed by atoms with E-state index in [4.69, 9.17) is 17.0 Å². The summed E-state index contributed by atoms with van der Waals surface area (Å²) in [6, 6.07) is 3.14. The predicted molar refractivity (Wildman–Crippen MR) is 95.7 cm³/mol. The van der Waals surface area contributed by atoms with Crippen molar-refractivity contribution in [2.24, 2.45) is 5.41 Å². The number of pyridine rings is 1. The van der Waals surface area contributed by atoms with E-state index in [1.54, 1.807) is 18.3 Å². The Balaban J connectivity index is 2.06. The third-order valence-electron chi connectivity index (χ3n) is 3.87. The van der Waals surface area contributed by atoms with E-state index in [0.29, 0.717) is 17.3 Å². The number of carbonyl (C=O) groups is 1. The van der Waals surface area contributed by atoms with E-state index in [1.165, 1.54) is 6.08 Å². The van der Waals surface area contributed by atoms with Crippen LogP contribution in [0.25, 0.3) is 0 Å². The fourth-order valence-corrected chi connectivity index (χ4v) is 2.57. The minimum absolute atomic E-state index is 0.0513. The van der Waals surface area contributed by atoms with Crippen LogP contribution in [0.3, 0.4) is 0 Å². The second-order valence-electron chi connectivity index (χ2n) is 6.87. The molecule has 2 heterocycles. The summed E-state index contributed by atoms with van der Waals surface area (Å²) in [6.07, 6.45) is 4.39. The van der Waals surface area contributed by atoms with E-state index >= 15 is 0 Å². The number of aliphatic hydroxyl groups is 1. The number of nitrogens with one attached hydrogen (secondary N) is 2. The van der Waals surface area contributed by atoms with Crippen molar-refractivity contribution in [3.05, 3.63) is 35.2 Å². The third-order valence-corrected chi connectivity index (χ3v) is 4.09. The average Bonchev–Trinajstić information content (AvgIpc) is 2.96. The minimum atomic E-state index is -0.469. The summed E-state index contributed by atoms with van der Waals surface area (Å²) in [5, 5.41) is 20.9. The van der Waals surface area contributed by atoms with Gasteiger partial charge >= 0.3 is 0 Å². The Morgan fingerprint density at radius 2 is 2.21 bits per heavy atom. The summed E-state index contributed by atoms with van der Waals surface area (Å²) in [7, 11) is 0. The molecule has 0 bridgehead atoms. The van der Waals surface area contributed by atoms with Gasteiger partial charge in [-0.25, -0.2) is 4.98 Å². The van der Waals surface area contributed by atoms with Crippen molar-refractivity contribution >= 4 is 29.2 Å². The Labute approximate surface area is 147 Å². The fraction of sp³-hybridized carbons (Fsp3) is 0.471. The average molecular weight is 351 g/mol. The smallest absolute Gasteiger partial charge is 0.248 e.